The van der Waals surface area contributed by atoms with Crippen molar-refractivity contribution in [1.82, 2.24) is 0 Å². The number of phosphoric ester groups is 1. The fourth-order valence-electron chi connectivity index (χ4n) is 5.53. The highest BCUT2D eigenvalue weighted by molar-refractivity contribution is 7.46. The summed E-state index contributed by atoms with van der Waals surface area (Å²) < 4.78 is 15.7. The van der Waals surface area contributed by atoms with E-state index in [0.29, 0.717) is 12.8 Å². The first kappa shape index (κ1) is 44.9. The van der Waals surface area contributed by atoms with Crippen LogP contribution in [0.4, 0.5) is 0 Å². The molecule has 9 heteroatoms. The van der Waals surface area contributed by atoms with Crippen LogP contribution in [0.2, 0.25) is 0 Å². The van der Waals surface area contributed by atoms with Crippen LogP contribution >= 0.6 is 7.82 Å². The van der Waals surface area contributed by atoms with Gasteiger partial charge in [-0.25, -0.2) is 4.57 Å². The van der Waals surface area contributed by atoms with E-state index >= 15 is 0 Å². The lowest BCUT2D eigenvalue weighted by Crippen LogP contribution is -2.56. The summed E-state index contributed by atoms with van der Waals surface area (Å²) in [5.74, 6) is -1.55. The maximum Gasteiger partial charge on any atom is 0.469 e. The molecule has 0 radical (unpaired) electrons. The largest absolute Gasteiger partial charge is 0.469 e. The third-order valence-corrected chi connectivity index (χ3v) is 9.04. The summed E-state index contributed by atoms with van der Waals surface area (Å²) in [6, 6.07) is 0. The van der Waals surface area contributed by atoms with Crippen molar-refractivity contribution in [3.63, 3.8) is 0 Å². The lowest BCUT2D eigenvalue weighted by molar-refractivity contribution is -0.165. The molecule has 0 aromatic carbocycles. The molecule has 0 heterocycles. The Morgan fingerprint density at radius 1 is 0.630 bits per heavy atom. The van der Waals surface area contributed by atoms with Crippen LogP contribution in [0.3, 0.4) is 0 Å². The monoisotopic (exact) mass is 672 g/mol. The van der Waals surface area contributed by atoms with E-state index in [4.69, 9.17) is 9.79 Å². The first-order valence-electron chi connectivity index (χ1n) is 18.5. The molecule has 0 fully saturated rings. The van der Waals surface area contributed by atoms with Crippen LogP contribution in [0.1, 0.15) is 181 Å². The van der Waals surface area contributed by atoms with Crippen LogP contribution in [-0.2, 0) is 18.7 Å². The number of rotatable bonds is 34. The van der Waals surface area contributed by atoms with Crippen molar-refractivity contribution >= 4 is 19.4 Å². The van der Waals surface area contributed by atoms with E-state index < -0.39 is 37.7 Å². The molecule has 270 valence electrons. The number of hydrogen-bond acceptors (Lipinski definition) is 6. The summed E-state index contributed by atoms with van der Waals surface area (Å²) in [5.41, 5.74) is -2.69. The van der Waals surface area contributed by atoms with Crippen LogP contribution in [0.25, 0.3) is 0 Å². The Bertz CT molecular complexity index is 852. The average Bonchev–Trinajstić information content (AvgIpc) is 3.02. The standard InChI is InChI=1S/C37H69O8P/c1-3-5-7-9-11-13-15-17-18-20-22-24-26-28-30-32-35(39)37(41,33-45-46(42,43)44)36(40)34(38)31-29-27-25-23-21-19-16-14-12-10-8-6-4-2/h11,13,17-18,36,40-41H,3-10,12,14-16,19-33H2,1-2H3,(H2,42,43,44)/b13-11-,18-17-. The number of unbranched alkanes of at least 4 members (excludes halogenated alkanes) is 20. The zero-order chi connectivity index (χ0) is 34.4. The van der Waals surface area contributed by atoms with Crippen molar-refractivity contribution in [2.75, 3.05) is 6.61 Å². The van der Waals surface area contributed by atoms with Gasteiger partial charge in [0.1, 0.15) is 0 Å². The fraction of sp³-hybridized carbons (Fsp3) is 0.838. The Labute approximate surface area is 281 Å². The van der Waals surface area contributed by atoms with E-state index in [1.807, 2.05) is 0 Å². The van der Waals surface area contributed by atoms with Gasteiger partial charge in [0.05, 0.1) is 6.61 Å². The molecule has 8 nitrogen and oxygen atoms in total. The Morgan fingerprint density at radius 3 is 1.50 bits per heavy atom. The summed E-state index contributed by atoms with van der Waals surface area (Å²) in [7, 11) is -5.03. The second kappa shape index (κ2) is 29.9. The Hall–Kier alpha value is -1.15. The molecule has 2 unspecified atom stereocenters. The quantitative estimate of drug-likeness (QED) is 0.0301. The van der Waals surface area contributed by atoms with Gasteiger partial charge < -0.3 is 20.0 Å². The van der Waals surface area contributed by atoms with Gasteiger partial charge in [-0.2, -0.15) is 0 Å². The highest BCUT2D eigenvalue weighted by atomic mass is 31.2. The lowest BCUT2D eigenvalue weighted by atomic mass is 9.85. The maximum absolute atomic E-state index is 12.9. The fourth-order valence-corrected chi connectivity index (χ4v) is 5.89. The topological polar surface area (TPSA) is 141 Å². The van der Waals surface area contributed by atoms with Crippen molar-refractivity contribution < 1.29 is 38.7 Å². The first-order chi connectivity index (χ1) is 22.1. The average molecular weight is 673 g/mol. The molecule has 0 rings (SSSR count). The third kappa shape index (κ3) is 25.9. The third-order valence-electron chi connectivity index (χ3n) is 8.57. The van der Waals surface area contributed by atoms with Gasteiger partial charge >= 0.3 is 7.82 Å². The number of allylic oxidation sites excluding steroid dienone is 4. The molecule has 0 aromatic rings. The minimum Gasteiger partial charge on any atom is -0.382 e. The number of carbonyl (C=O) groups excluding carboxylic acids is 2. The molecule has 0 amide bonds. The van der Waals surface area contributed by atoms with Crippen LogP contribution in [-0.4, -0.2) is 49.9 Å². The number of phosphoric acid groups is 1. The number of carbonyl (C=O) groups is 2. The predicted octanol–water partition coefficient (Wildman–Crippen LogP) is 9.62. The summed E-state index contributed by atoms with van der Waals surface area (Å²) in [5, 5.41) is 21.7. The molecule has 0 aliphatic carbocycles. The second-order valence-electron chi connectivity index (χ2n) is 13.0. The van der Waals surface area contributed by atoms with E-state index in [2.05, 4.69) is 42.7 Å². The lowest BCUT2D eigenvalue weighted by Gasteiger charge is -2.30. The predicted molar refractivity (Wildman–Crippen MR) is 189 cm³/mol. The molecule has 4 N–H and O–H groups in total. The number of ketones is 2. The van der Waals surface area contributed by atoms with Crippen molar-refractivity contribution in [3.05, 3.63) is 24.3 Å². The molecule has 0 saturated carbocycles. The van der Waals surface area contributed by atoms with E-state index in [1.165, 1.54) is 70.6 Å². The van der Waals surface area contributed by atoms with Gasteiger partial charge in [-0.05, 0) is 44.9 Å². The van der Waals surface area contributed by atoms with Gasteiger partial charge in [0.15, 0.2) is 23.3 Å². The number of aliphatic hydroxyl groups is 2. The first-order valence-corrected chi connectivity index (χ1v) is 20.1. The highest BCUT2D eigenvalue weighted by Crippen LogP contribution is 2.38. The van der Waals surface area contributed by atoms with Crippen LogP contribution in [0.15, 0.2) is 24.3 Å². The van der Waals surface area contributed by atoms with Gasteiger partial charge in [-0.1, -0.05) is 147 Å². The molecule has 0 aromatic heterocycles. The number of hydrogen-bond donors (Lipinski definition) is 4. The highest BCUT2D eigenvalue weighted by Gasteiger charge is 2.47. The Morgan fingerprint density at radius 2 is 1.02 bits per heavy atom. The summed E-state index contributed by atoms with van der Waals surface area (Å²) in [6.07, 6.45) is 32.4. The van der Waals surface area contributed by atoms with Crippen LogP contribution in [0, 0.1) is 0 Å². The summed E-state index contributed by atoms with van der Waals surface area (Å²) in [6.45, 7) is 3.30. The Balaban J connectivity index is 4.35. The molecule has 0 saturated heterocycles. The summed E-state index contributed by atoms with van der Waals surface area (Å²) in [4.78, 5) is 43.9. The van der Waals surface area contributed by atoms with Gasteiger partial charge in [-0.3, -0.25) is 14.1 Å². The van der Waals surface area contributed by atoms with E-state index in [9.17, 15) is 24.4 Å². The molecule has 2 atom stereocenters. The van der Waals surface area contributed by atoms with Gasteiger partial charge in [-0.15, -0.1) is 0 Å². The van der Waals surface area contributed by atoms with Crippen LogP contribution in [0.5, 0.6) is 0 Å². The smallest absolute Gasteiger partial charge is 0.382 e. The number of aliphatic hydroxyl groups excluding tert-OH is 1. The van der Waals surface area contributed by atoms with Crippen molar-refractivity contribution in [1.29, 1.82) is 0 Å². The van der Waals surface area contributed by atoms with Gasteiger partial charge in [0.25, 0.3) is 0 Å². The van der Waals surface area contributed by atoms with E-state index in [1.54, 1.807) is 0 Å². The molecular formula is C37H69O8P. The SMILES string of the molecule is CCCCC/C=C\C/C=C\CCCCCCCC(=O)C(O)(COP(=O)(O)O)C(O)C(=O)CCCCCCCCCCCCCCC. The minimum atomic E-state index is -5.03. The second-order valence-corrected chi connectivity index (χ2v) is 14.2. The number of Topliss-reactive ketones (excluding diaryl/α,β-unsaturated/α-hetero) is 2. The molecule has 0 aliphatic rings. The van der Waals surface area contributed by atoms with Crippen molar-refractivity contribution in [2.24, 2.45) is 0 Å². The van der Waals surface area contributed by atoms with Crippen molar-refractivity contribution in [3.8, 4) is 0 Å². The van der Waals surface area contributed by atoms with E-state index in [0.717, 1.165) is 70.6 Å². The Kier molecular flexibility index (Phi) is 29.2. The molecule has 0 bridgehead atoms. The van der Waals surface area contributed by atoms with Crippen molar-refractivity contribution in [2.45, 2.75) is 192 Å². The van der Waals surface area contributed by atoms with E-state index in [-0.39, 0.29) is 12.8 Å². The molecule has 0 aliphatic heterocycles. The molecule has 46 heavy (non-hydrogen) atoms. The molecule has 0 spiro atoms. The molecular weight excluding hydrogens is 603 g/mol. The van der Waals surface area contributed by atoms with Gasteiger partial charge in [0.2, 0.25) is 0 Å². The summed E-state index contributed by atoms with van der Waals surface area (Å²) >= 11 is 0. The van der Waals surface area contributed by atoms with Gasteiger partial charge in [0, 0.05) is 12.8 Å². The van der Waals surface area contributed by atoms with Crippen LogP contribution < -0.4 is 0 Å². The normalized spacial score (nSPS) is 14.3. The minimum absolute atomic E-state index is 0.0197. The zero-order valence-electron chi connectivity index (χ0n) is 29.3. The zero-order valence-corrected chi connectivity index (χ0v) is 30.2. The maximum atomic E-state index is 12.9.